The van der Waals surface area contributed by atoms with Crippen LogP contribution in [0.1, 0.15) is 21.7 Å². The van der Waals surface area contributed by atoms with E-state index >= 15 is 0 Å². The second-order valence-corrected chi connectivity index (χ2v) is 5.64. The molecule has 0 aliphatic heterocycles. The fraction of sp³-hybridized carbons (Fsp3) is 0.125. The molecule has 3 heterocycles. The average molecular weight is 336 g/mol. The van der Waals surface area contributed by atoms with E-state index in [1.165, 1.54) is 23.6 Å². The topological polar surface area (TPSA) is 104 Å². The number of hydrogen-bond donors (Lipinski definition) is 1. The minimum atomic E-state index is -0.226. The quantitative estimate of drug-likeness (QED) is 0.762. The molecule has 24 heavy (non-hydrogen) atoms. The maximum Gasteiger partial charge on any atom is 0.252 e. The fourth-order valence-corrected chi connectivity index (χ4v) is 2.76. The van der Waals surface area contributed by atoms with Gasteiger partial charge < -0.3 is 5.32 Å². The van der Waals surface area contributed by atoms with Gasteiger partial charge in [0.25, 0.3) is 5.91 Å². The first-order chi connectivity index (χ1) is 11.8. The highest BCUT2D eigenvalue weighted by Gasteiger charge is 2.08. The molecule has 8 heteroatoms. The predicted octanol–water partition coefficient (Wildman–Crippen LogP) is 1.84. The normalized spacial score (nSPS) is 10.1. The number of amides is 1. The lowest BCUT2D eigenvalue weighted by Crippen LogP contribution is -2.25. The molecule has 0 fully saturated rings. The second-order valence-electron chi connectivity index (χ2n) is 4.78. The zero-order chi connectivity index (χ0) is 16.8. The summed E-state index contributed by atoms with van der Waals surface area (Å²) in [7, 11) is 0. The summed E-state index contributed by atoms with van der Waals surface area (Å²) >= 11 is 1.50. The van der Waals surface area contributed by atoms with Crippen LogP contribution in [0.2, 0.25) is 0 Å². The molecule has 0 aliphatic carbocycles. The highest BCUT2D eigenvalue weighted by molar-refractivity contribution is 7.13. The molecule has 0 spiro atoms. The monoisotopic (exact) mass is 336 g/mol. The number of thiazole rings is 1. The van der Waals surface area contributed by atoms with E-state index in [0.29, 0.717) is 18.5 Å². The van der Waals surface area contributed by atoms with Gasteiger partial charge in [0.1, 0.15) is 22.5 Å². The van der Waals surface area contributed by atoms with Gasteiger partial charge in [-0.05, 0) is 12.1 Å². The van der Waals surface area contributed by atoms with Crippen molar-refractivity contribution < 1.29 is 4.79 Å². The summed E-state index contributed by atoms with van der Waals surface area (Å²) in [6.07, 6.45) is 6.92. The Bertz CT molecular complexity index is 870. The lowest BCUT2D eigenvalue weighted by atomic mass is 10.2. The average Bonchev–Trinajstić information content (AvgIpc) is 3.11. The van der Waals surface area contributed by atoms with E-state index in [0.717, 1.165) is 16.4 Å². The summed E-state index contributed by atoms with van der Waals surface area (Å²) in [5.74, 6) is -0.226. The molecule has 3 rings (SSSR count). The van der Waals surface area contributed by atoms with Crippen LogP contribution in [0.15, 0.2) is 42.3 Å². The molecule has 0 aromatic carbocycles. The number of aromatic nitrogens is 4. The summed E-state index contributed by atoms with van der Waals surface area (Å²) in [5.41, 5.74) is 2.33. The van der Waals surface area contributed by atoms with Crippen LogP contribution in [0.5, 0.6) is 0 Å². The first kappa shape index (κ1) is 15.7. The van der Waals surface area contributed by atoms with Crippen LogP contribution in [0.3, 0.4) is 0 Å². The molecule has 1 amide bonds. The van der Waals surface area contributed by atoms with Gasteiger partial charge in [0.15, 0.2) is 0 Å². The number of nitrogens with one attached hydrogen (secondary N) is 1. The van der Waals surface area contributed by atoms with Crippen molar-refractivity contribution in [2.75, 3.05) is 6.54 Å². The third kappa shape index (κ3) is 3.77. The lowest BCUT2D eigenvalue weighted by molar-refractivity contribution is 0.0953. The van der Waals surface area contributed by atoms with Crippen LogP contribution in [0.25, 0.3) is 10.7 Å². The Balaban J connectivity index is 1.54. The smallest absolute Gasteiger partial charge is 0.252 e. The van der Waals surface area contributed by atoms with E-state index in [1.807, 2.05) is 11.4 Å². The van der Waals surface area contributed by atoms with Gasteiger partial charge in [-0.3, -0.25) is 14.8 Å². The Kier molecular flexibility index (Phi) is 4.84. The molecule has 3 aromatic rings. The molecule has 0 aliphatic rings. The standard InChI is InChI=1S/C16H12N6OS/c17-7-12-2-1-11(8-21-12)15(23)20-4-3-13-10-24-16(22-13)14-9-18-5-6-19-14/h1-2,5-6,8-10H,3-4H2,(H,20,23). The second kappa shape index (κ2) is 7.39. The molecule has 118 valence electrons. The van der Waals surface area contributed by atoms with E-state index in [4.69, 9.17) is 5.26 Å². The Morgan fingerprint density at radius 1 is 1.25 bits per heavy atom. The van der Waals surface area contributed by atoms with Gasteiger partial charge in [-0.15, -0.1) is 11.3 Å². The highest BCUT2D eigenvalue weighted by atomic mass is 32.1. The summed E-state index contributed by atoms with van der Waals surface area (Å²) in [5, 5.41) is 14.3. The lowest BCUT2D eigenvalue weighted by Gasteiger charge is -2.03. The van der Waals surface area contributed by atoms with Crippen LogP contribution < -0.4 is 5.32 Å². The molecule has 0 saturated carbocycles. The van der Waals surface area contributed by atoms with Crippen molar-refractivity contribution in [2.24, 2.45) is 0 Å². The molecular weight excluding hydrogens is 324 g/mol. The van der Waals surface area contributed by atoms with Crippen LogP contribution in [-0.4, -0.2) is 32.4 Å². The number of nitriles is 1. The molecule has 0 radical (unpaired) electrons. The fourth-order valence-electron chi connectivity index (χ4n) is 1.95. The summed E-state index contributed by atoms with van der Waals surface area (Å²) in [6, 6.07) is 5.01. The van der Waals surface area contributed by atoms with Crippen molar-refractivity contribution in [1.29, 1.82) is 5.26 Å². The number of carbonyl (C=O) groups excluding carboxylic acids is 1. The van der Waals surface area contributed by atoms with Crippen molar-refractivity contribution in [2.45, 2.75) is 6.42 Å². The number of nitrogens with zero attached hydrogens (tertiary/aromatic N) is 5. The number of pyridine rings is 1. The Labute approximate surface area is 142 Å². The van der Waals surface area contributed by atoms with E-state index in [-0.39, 0.29) is 11.6 Å². The first-order valence-electron chi connectivity index (χ1n) is 7.11. The van der Waals surface area contributed by atoms with Gasteiger partial charge in [0.05, 0.1) is 17.5 Å². The van der Waals surface area contributed by atoms with Crippen LogP contribution in [0.4, 0.5) is 0 Å². The Morgan fingerprint density at radius 3 is 2.88 bits per heavy atom. The van der Waals surface area contributed by atoms with E-state index in [1.54, 1.807) is 24.7 Å². The predicted molar refractivity (Wildman–Crippen MR) is 88.1 cm³/mol. The summed E-state index contributed by atoms with van der Waals surface area (Å²) in [4.78, 5) is 28.6. The van der Waals surface area contributed by atoms with Crippen molar-refractivity contribution in [3.8, 4) is 16.8 Å². The van der Waals surface area contributed by atoms with Crippen LogP contribution >= 0.6 is 11.3 Å². The molecule has 7 nitrogen and oxygen atoms in total. The number of carbonyl (C=O) groups is 1. The minimum absolute atomic E-state index is 0.226. The molecule has 3 aromatic heterocycles. The van der Waals surface area contributed by atoms with Gasteiger partial charge in [-0.25, -0.2) is 9.97 Å². The molecule has 0 bridgehead atoms. The number of rotatable bonds is 5. The largest absolute Gasteiger partial charge is 0.352 e. The van der Waals surface area contributed by atoms with Gasteiger partial charge >= 0.3 is 0 Å². The zero-order valence-corrected chi connectivity index (χ0v) is 13.3. The molecule has 0 unspecified atom stereocenters. The SMILES string of the molecule is N#Cc1ccc(C(=O)NCCc2csc(-c3cnccn3)n2)cn1. The van der Waals surface area contributed by atoms with Gasteiger partial charge in [-0.1, -0.05) is 0 Å². The van der Waals surface area contributed by atoms with E-state index in [9.17, 15) is 4.79 Å². The Morgan fingerprint density at radius 2 is 2.17 bits per heavy atom. The van der Waals surface area contributed by atoms with Crippen molar-refractivity contribution >= 4 is 17.2 Å². The minimum Gasteiger partial charge on any atom is -0.352 e. The number of hydrogen-bond acceptors (Lipinski definition) is 7. The van der Waals surface area contributed by atoms with Crippen molar-refractivity contribution in [3.63, 3.8) is 0 Å². The van der Waals surface area contributed by atoms with E-state index < -0.39 is 0 Å². The zero-order valence-electron chi connectivity index (χ0n) is 12.5. The third-order valence-corrected chi connectivity index (χ3v) is 4.05. The maximum atomic E-state index is 12.0. The molecule has 0 saturated heterocycles. The van der Waals surface area contributed by atoms with Crippen LogP contribution in [0, 0.1) is 11.3 Å². The molecule has 1 N–H and O–H groups in total. The third-order valence-electron chi connectivity index (χ3n) is 3.14. The van der Waals surface area contributed by atoms with Gasteiger partial charge in [0, 0.05) is 36.9 Å². The van der Waals surface area contributed by atoms with Crippen molar-refractivity contribution in [3.05, 3.63) is 59.3 Å². The van der Waals surface area contributed by atoms with Crippen molar-refractivity contribution in [1.82, 2.24) is 25.3 Å². The van der Waals surface area contributed by atoms with Gasteiger partial charge in [0.2, 0.25) is 0 Å². The summed E-state index contributed by atoms with van der Waals surface area (Å²) in [6.45, 7) is 0.461. The maximum absolute atomic E-state index is 12.0. The first-order valence-corrected chi connectivity index (χ1v) is 7.99. The van der Waals surface area contributed by atoms with Gasteiger partial charge in [-0.2, -0.15) is 5.26 Å². The molecular formula is C16H12N6OS. The van der Waals surface area contributed by atoms with Crippen LogP contribution in [-0.2, 0) is 6.42 Å². The highest BCUT2D eigenvalue weighted by Crippen LogP contribution is 2.20. The molecule has 0 atom stereocenters. The van der Waals surface area contributed by atoms with E-state index in [2.05, 4.69) is 25.3 Å². The summed E-state index contributed by atoms with van der Waals surface area (Å²) < 4.78 is 0. The Hall–Kier alpha value is -3.18.